The van der Waals surface area contributed by atoms with Crippen molar-refractivity contribution in [1.29, 1.82) is 0 Å². The molecule has 2 nitrogen and oxygen atoms in total. The molecule has 0 bridgehead atoms. The Morgan fingerprint density at radius 3 is 2.57 bits per heavy atom. The predicted octanol–water partition coefficient (Wildman–Crippen LogP) is 2.97. The zero-order valence-corrected chi connectivity index (χ0v) is 10.5. The van der Waals surface area contributed by atoms with Crippen LogP contribution in [0, 0.1) is 5.82 Å². The van der Waals surface area contributed by atoms with Crippen LogP contribution in [0.3, 0.4) is 0 Å². The molecule has 2 rings (SSSR count). The number of hydrogen-bond donors (Lipinski definition) is 2. The average molecular weight is 324 g/mol. The maximum absolute atomic E-state index is 13.7. The molecule has 1 aromatic rings. The fraction of sp³-hybridized carbons (Fsp3) is 0.333. The summed E-state index contributed by atoms with van der Waals surface area (Å²) >= 11 is 6.47. The number of hydrogen-bond acceptors (Lipinski definition) is 2. The third-order valence-corrected chi connectivity index (χ3v) is 3.65. The van der Waals surface area contributed by atoms with Crippen LogP contribution in [0.1, 0.15) is 18.0 Å². The fourth-order valence-corrected chi connectivity index (χ4v) is 2.70. The normalized spacial score (nSPS) is 20.6. The molecule has 1 heterocycles. The van der Waals surface area contributed by atoms with Crippen LogP contribution >= 0.6 is 31.9 Å². The van der Waals surface area contributed by atoms with E-state index in [1.807, 2.05) is 0 Å². The number of rotatable bonds is 1. The molecule has 76 valence electrons. The van der Waals surface area contributed by atoms with Crippen LogP contribution < -0.4 is 11.1 Å². The van der Waals surface area contributed by atoms with Crippen molar-refractivity contribution in [2.45, 2.75) is 12.5 Å². The van der Waals surface area contributed by atoms with Gasteiger partial charge in [-0.25, -0.2) is 4.39 Å². The Morgan fingerprint density at radius 1 is 1.43 bits per heavy atom. The molecule has 0 amide bonds. The van der Waals surface area contributed by atoms with Crippen LogP contribution in [0.5, 0.6) is 0 Å². The Morgan fingerprint density at radius 2 is 2.07 bits per heavy atom. The first kappa shape index (κ1) is 10.4. The molecule has 0 radical (unpaired) electrons. The highest BCUT2D eigenvalue weighted by molar-refractivity contribution is 9.11. The summed E-state index contributed by atoms with van der Waals surface area (Å²) in [6, 6.07) is 1.69. The second kappa shape index (κ2) is 3.79. The van der Waals surface area contributed by atoms with Crippen molar-refractivity contribution in [1.82, 2.24) is 5.32 Å². The lowest BCUT2D eigenvalue weighted by Gasteiger charge is -2.30. The molecule has 1 aliphatic rings. The minimum Gasteiger partial charge on any atom is -0.397 e. The van der Waals surface area contributed by atoms with Crippen LogP contribution in [0.4, 0.5) is 10.1 Å². The van der Waals surface area contributed by atoms with Gasteiger partial charge in [0.15, 0.2) is 0 Å². The molecule has 1 atom stereocenters. The van der Waals surface area contributed by atoms with Crippen molar-refractivity contribution >= 4 is 37.5 Å². The summed E-state index contributed by atoms with van der Waals surface area (Å²) in [4.78, 5) is 0. The van der Waals surface area contributed by atoms with Gasteiger partial charge in [0, 0.05) is 16.1 Å². The van der Waals surface area contributed by atoms with Crippen molar-refractivity contribution in [2.24, 2.45) is 0 Å². The second-order valence-electron chi connectivity index (χ2n) is 3.28. The van der Waals surface area contributed by atoms with Crippen molar-refractivity contribution in [3.8, 4) is 0 Å². The van der Waals surface area contributed by atoms with Gasteiger partial charge < -0.3 is 11.1 Å². The standard InChI is InChI=1S/C9H9Br2FN2/c10-4-3-5(11)9(13)7(8(4)12)6-1-2-14-6/h3,6,14H,1-2,13H2/t6-/m0/s1. The van der Waals surface area contributed by atoms with E-state index in [2.05, 4.69) is 37.2 Å². The van der Waals surface area contributed by atoms with E-state index < -0.39 is 0 Å². The molecule has 3 N–H and O–H groups in total. The van der Waals surface area contributed by atoms with Gasteiger partial charge in [-0.2, -0.15) is 0 Å². The van der Waals surface area contributed by atoms with E-state index in [9.17, 15) is 4.39 Å². The molecule has 1 aromatic carbocycles. The number of benzene rings is 1. The van der Waals surface area contributed by atoms with Crippen LogP contribution in [0.15, 0.2) is 15.0 Å². The maximum Gasteiger partial charge on any atom is 0.144 e. The Kier molecular flexibility index (Phi) is 2.81. The first-order valence-corrected chi connectivity index (χ1v) is 5.86. The van der Waals surface area contributed by atoms with Gasteiger partial charge in [0.05, 0.1) is 10.2 Å². The Balaban J connectivity index is 2.54. The number of anilines is 1. The molecule has 0 spiro atoms. The minimum absolute atomic E-state index is 0.0591. The van der Waals surface area contributed by atoms with E-state index in [0.29, 0.717) is 15.7 Å². The van der Waals surface area contributed by atoms with Crippen molar-refractivity contribution in [3.63, 3.8) is 0 Å². The third kappa shape index (κ3) is 1.57. The molecule has 5 heteroatoms. The van der Waals surface area contributed by atoms with Crippen LogP contribution in [-0.2, 0) is 0 Å². The van der Waals surface area contributed by atoms with Gasteiger partial charge >= 0.3 is 0 Å². The lowest BCUT2D eigenvalue weighted by atomic mass is 9.96. The monoisotopic (exact) mass is 322 g/mol. The fourth-order valence-electron chi connectivity index (χ4n) is 1.50. The van der Waals surface area contributed by atoms with Crippen LogP contribution in [0.2, 0.25) is 0 Å². The molecule has 0 aliphatic carbocycles. The number of nitrogen functional groups attached to an aromatic ring is 1. The molecule has 0 saturated carbocycles. The van der Waals surface area contributed by atoms with Gasteiger partial charge in [-0.3, -0.25) is 0 Å². The van der Waals surface area contributed by atoms with Crippen molar-refractivity contribution in [3.05, 3.63) is 26.4 Å². The molecule has 1 fully saturated rings. The second-order valence-corrected chi connectivity index (χ2v) is 4.99. The van der Waals surface area contributed by atoms with Crippen molar-refractivity contribution < 1.29 is 4.39 Å². The molecule has 14 heavy (non-hydrogen) atoms. The summed E-state index contributed by atoms with van der Waals surface area (Å²) in [7, 11) is 0. The van der Waals surface area contributed by atoms with Gasteiger partial charge in [0.2, 0.25) is 0 Å². The summed E-state index contributed by atoms with van der Waals surface area (Å²) in [6.45, 7) is 0.924. The first-order chi connectivity index (χ1) is 6.61. The van der Waals surface area contributed by atoms with Gasteiger partial charge in [0.1, 0.15) is 5.82 Å². The van der Waals surface area contributed by atoms with E-state index in [0.717, 1.165) is 17.4 Å². The van der Waals surface area contributed by atoms with E-state index >= 15 is 0 Å². The lowest BCUT2D eigenvalue weighted by molar-refractivity contribution is 0.371. The third-order valence-electron chi connectivity index (χ3n) is 2.42. The summed E-state index contributed by atoms with van der Waals surface area (Å²) in [5.41, 5.74) is 6.87. The van der Waals surface area contributed by atoms with Crippen LogP contribution in [-0.4, -0.2) is 6.54 Å². The van der Waals surface area contributed by atoms with Gasteiger partial charge in [-0.15, -0.1) is 0 Å². The van der Waals surface area contributed by atoms with E-state index in [-0.39, 0.29) is 11.9 Å². The minimum atomic E-state index is -0.261. The van der Waals surface area contributed by atoms with Crippen molar-refractivity contribution in [2.75, 3.05) is 12.3 Å². The maximum atomic E-state index is 13.7. The zero-order valence-electron chi connectivity index (χ0n) is 7.28. The summed E-state index contributed by atoms with van der Waals surface area (Å²) in [5, 5.41) is 3.14. The number of nitrogens with one attached hydrogen (secondary N) is 1. The lowest BCUT2D eigenvalue weighted by Crippen LogP contribution is -2.36. The number of halogens is 3. The molecule has 0 aromatic heterocycles. The largest absolute Gasteiger partial charge is 0.397 e. The topological polar surface area (TPSA) is 38.0 Å². The average Bonchev–Trinajstić information content (AvgIpc) is 2.06. The van der Waals surface area contributed by atoms with E-state index in [1.165, 1.54) is 0 Å². The number of nitrogens with two attached hydrogens (primary N) is 1. The van der Waals surface area contributed by atoms with E-state index in [1.54, 1.807) is 6.07 Å². The molecule has 0 unspecified atom stereocenters. The highest BCUT2D eigenvalue weighted by Crippen LogP contribution is 2.38. The molecular formula is C9H9Br2FN2. The smallest absolute Gasteiger partial charge is 0.144 e. The summed E-state index contributed by atoms with van der Waals surface area (Å²) in [5.74, 6) is -0.261. The molecular weight excluding hydrogens is 315 g/mol. The Labute approximate surface area is 98.3 Å². The Bertz CT molecular complexity index is 351. The van der Waals surface area contributed by atoms with Crippen LogP contribution in [0.25, 0.3) is 0 Å². The first-order valence-electron chi connectivity index (χ1n) is 4.27. The van der Waals surface area contributed by atoms with Gasteiger partial charge in [0.25, 0.3) is 0 Å². The SMILES string of the molecule is Nc1c(Br)cc(Br)c(F)c1[C@@H]1CCN1. The quantitative estimate of drug-likeness (QED) is 0.616. The summed E-state index contributed by atoms with van der Waals surface area (Å²) < 4.78 is 14.9. The Hall–Kier alpha value is -0.130. The van der Waals surface area contributed by atoms with Gasteiger partial charge in [-0.1, -0.05) is 0 Å². The summed E-state index contributed by atoms with van der Waals surface area (Å²) in [6.07, 6.45) is 0.935. The zero-order chi connectivity index (χ0) is 10.3. The molecule has 1 saturated heterocycles. The highest BCUT2D eigenvalue weighted by Gasteiger charge is 2.26. The van der Waals surface area contributed by atoms with E-state index in [4.69, 9.17) is 5.73 Å². The predicted molar refractivity (Wildman–Crippen MR) is 61.6 cm³/mol. The molecule has 1 aliphatic heterocycles. The highest BCUT2D eigenvalue weighted by atomic mass is 79.9. The van der Waals surface area contributed by atoms with Gasteiger partial charge in [-0.05, 0) is 50.9 Å².